The minimum Gasteiger partial charge on any atom is -0.468 e. The van der Waals surface area contributed by atoms with Gasteiger partial charge in [0.1, 0.15) is 11.4 Å². The highest BCUT2D eigenvalue weighted by Gasteiger charge is 2.25. The highest BCUT2D eigenvalue weighted by Crippen LogP contribution is 2.24. The van der Waals surface area contributed by atoms with Crippen LogP contribution in [0.3, 0.4) is 0 Å². The van der Waals surface area contributed by atoms with E-state index in [1.54, 1.807) is 13.3 Å². The summed E-state index contributed by atoms with van der Waals surface area (Å²) in [5.41, 5.74) is -0.409. The Kier molecular flexibility index (Phi) is 5.54. The standard InChI is InChI=1S/C21H25N5O4/c1-24-18-15(20(28)25(2)21(24)29)11-14(12-22-18)19(27)23-13-16(17-7-6-10-30-17)26-8-4-3-5-9-26/h6-7,10-12,16H,3-5,8-9,13H2,1-2H3,(H,23,27)/t16-/m0/s1. The van der Waals surface area contributed by atoms with E-state index in [9.17, 15) is 14.4 Å². The Morgan fingerprint density at radius 1 is 1.20 bits per heavy atom. The van der Waals surface area contributed by atoms with E-state index in [-0.39, 0.29) is 28.5 Å². The molecule has 4 rings (SSSR count). The second-order valence-electron chi connectivity index (χ2n) is 7.64. The van der Waals surface area contributed by atoms with Crippen LogP contribution in [0.2, 0.25) is 0 Å². The predicted octanol–water partition coefficient (Wildman–Crippen LogP) is 1.18. The Morgan fingerprint density at radius 2 is 1.97 bits per heavy atom. The maximum atomic E-state index is 12.8. The lowest BCUT2D eigenvalue weighted by Crippen LogP contribution is -2.40. The first-order valence-corrected chi connectivity index (χ1v) is 10.1. The van der Waals surface area contributed by atoms with E-state index in [1.165, 1.54) is 30.3 Å². The number of carbonyl (C=O) groups is 1. The molecule has 0 aromatic carbocycles. The molecular formula is C21H25N5O4. The molecule has 1 N–H and O–H groups in total. The molecule has 9 nitrogen and oxygen atoms in total. The van der Waals surface area contributed by atoms with E-state index < -0.39 is 11.2 Å². The van der Waals surface area contributed by atoms with Crippen molar-refractivity contribution in [2.75, 3.05) is 19.6 Å². The van der Waals surface area contributed by atoms with E-state index in [2.05, 4.69) is 15.2 Å². The molecule has 1 saturated heterocycles. The summed E-state index contributed by atoms with van der Waals surface area (Å²) in [6.07, 6.45) is 6.50. The van der Waals surface area contributed by atoms with Gasteiger partial charge in [-0.15, -0.1) is 0 Å². The molecule has 3 aromatic rings. The van der Waals surface area contributed by atoms with Crippen LogP contribution >= 0.6 is 0 Å². The number of nitrogens with zero attached hydrogens (tertiary/aromatic N) is 4. The summed E-state index contributed by atoms with van der Waals surface area (Å²) < 4.78 is 7.92. The fourth-order valence-electron chi connectivity index (χ4n) is 4.00. The number of nitrogens with one attached hydrogen (secondary N) is 1. The fraction of sp³-hybridized carbons (Fsp3) is 0.429. The lowest BCUT2D eigenvalue weighted by Gasteiger charge is -2.33. The normalized spacial score (nSPS) is 15.9. The maximum absolute atomic E-state index is 12.8. The van der Waals surface area contributed by atoms with E-state index in [0.717, 1.165) is 36.3 Å². The van der Waals surface area contributed by atoms with Gasteiger partial charge in [0, 0.05) is 26.8 Å². The monoisotopic (exact) mass is 411 g/mol. The van der Waals surface area contributed by atoms with Crippen LogP contribution in [0.1, 0.15) is 41.4 Å². The molecule has 9 heteroatoms. The van der Waals surface area contributed by atoms with Crippen LogP contribution in [0.4, 0.5) is 0 Å². The van der Waals surface area contributed by atoms with Gasteiger partial charge >= 0.3 is 5.69 Å². The van der Waals surface area contributed by atoms with Crippen molar-refractivity contribution >= 4 is 16.9 Å². The van der Waals surface area contributed by atoms with Crippen molar-refractivity contribution in [2.45, 2.75) is 25.3 Å². The SMILES string of the molecule is Cn1c(=O)c2cc(C(=O)NC[C@@H](c3ccco3)N3CCCCC3)cnc2n(C)c1=O. The molecule has 0 radical (unpaired) electrons. The average Bonchev–Trinajstić information content (AvgIpc) is 3.31. The summed E-state index contributed by atoms with van der Waals surface area (Å²) in [5.74, 6) is 0.492. The molecule has 0 saturated carbocycles. The number of amides is 1. The van der Waals surface area contributed by atoms with Gasteiger partial charge in [0.2, 0.25) is 0 Å². The molecule has 1 aliphatic rings. The third-order valence-corrected chi connectivity index (χ3v) is 5.71. The zero-order chi connectivity index (χ0) is 21.3. The number of rotatable bonds is 5. The summed E-state index contributed by atoms with van der Waals surface area (Å²) in [7, 11) is 2.95. The minimum atomic E-state index is -0.475. The molecule has 3 aromatic heterocycles. The Hall–Kier alpha value is -3.20. The van der Waals surface area contributed by atoms with Gasteiger partial charge in [0.15, 0.2) is 0 Å². The molecule has 30 heavy (non-hydrogen) atoms. The van der Waals surface area contributed by atoms with Crippen LogP contribution in [0.25, 0.3) is 11.0 Å². The molecule has 4 heterocycles. The molecule has 158 valence electrons. The van der Waals surface area contributed by atoms with E-state index in [1.807, 2.05) is 12.1 Å². The van der Waals surface area contributed by atoms with Crippen molar-refractivity contribution in [3.05, 3.63) is 62.8 Å². The third-order valence-electron chi connectivity index (χ3n) is 5.71. The number of aromatic nitrogens is 3. The predicted molar refractivity (Wildman–Crippen MR) is 111 cm³/mol. The number of carbonyl (C=O) groups excluding carboxylic acids is 1. The van der Waals surface area contributed by atoms with E-state index >= 15 is 0 Å². The number of likely N-dealkylation sites (tertiary alicyclic amines) is 1. The van der Waals surface area contributed by atoms with Gasteiger partial charge in [0.25, 0.3) is 11.5 Å². The lowest BCUT2D eigenvalue weighted by atomic mass is 10.1. The van der Waals surface area contributed by atoms with Crippen molar-refractivity contribution in [3.8, 4) is 0 Å². The van der Waals surface area contributed by atoms with Gasteiger partial charge in [-0.3, -0.25) is 23.6 Å². The molecule has 0 unspecified atom stereocenters. The van der Waals surface area contributed by atoms with Crippen molar-refractivity contribution < 1.29 is 9.21 Å². The number of hydrogen-bond acceptors (Lipinski definition) is 6. The number of aryl methyl sites for hydroxylation is 1. The van der Waals surface area contributed by atoms with Crippen molar-refractivity contribution in [1.82, 2.24) is 24.3 Å². The number of furan rings is 1. The zero-order valence-electron chi connectivity index (χ0n) is 17.1. The Bertz CT molecular complexity index is 1170. The third kappa shape index (κ3) is 3.68. The first-order chi connectivity index (χ1) is 14.5. The van der Waals surface area contributed by atoms with Gasteiger partial charge < -0.3 is 9.73 Å². The van der Waals surface area contributed by atoms with Crippen LogP contribution in [-0.4, -0.2) is 44.6 Å². The van der Waals surface area contributed by atoms with Crippen molar-refractivity contribution in [2.24, 2.45) is 14.1 Å². The smallest absolute Gasteiger partial charge is 0.332 e. The number of piperidine rings is 1. The van der Waals surface area contributed by atoms with Crippen LogP contribution in [0, 0.1) is 0 Å². The van der Waals surface area contributed by atoms with Crippen molar-refractivity contribution in [1.29, 1.82) is 0 Å². The van der Waals surface area contributed by atoms with Crippen LogP contribution in [0.5, 0.6) is 0 Å². The van der Waals surface area contributed by atoms with Gasteiger partial charge in [-0.2, -0.15) is 0 Å². The van der Waals surface area contributed by atoms with Gasteiger partial charge in [-0.05, 0) is 44.1 Å². The molecule has 1 amide bonds. The van der Waals surface area contributed by atoms with Crippen molar-refractivity contribution in [3.63, 3.8) is 0 Å². The first-order valence-electron chi connectivity index (χ1n) is 10.1. The Balaban J connectivity index is 1.57. The summed E-state index contributed by atoms with van der Waals surface area (Å²) >= 11 is 0. The molecule has 1 aliphatic heterocycles. The Labute approximate surface area is 172 Å². The summed E-state index contributed by atoms with van der Waals surface area (Å²) in [6.45, 7) is 2.31. The van der Waals surface area contributed by atoms with E-state index in [0.29, 0.717) is 6.54 Å². The summed E-state index contributed by atoms with van der Waals surface area (Å²) in [5, 5.41) is 3.18. The Morgan fingerprint density at radius 3 is 2.67 bits per heavy atom. The second-order valence-corrected chi connectivity index (χ2v) is 7.64. The number of hydrogen-bond donors (Lipinski definition) is 1. The van der Waals surface area contributed by atoms with Crippen LogP contribution in [0.15, 0.2) is 44.7 Å². The van der Waals surface area contributed by atoms with Gasteiger partial charge in [0.05, 0.1) is 23.3 Å². The number of pyridine rings is 1. The molecule has 0 bridgehead atoms. The van der Waals surface area contributed by atoms with Crippen LogP contribution in [-0.2, 0) is 14.1 Å². The average molecular weight is 411 g/mol. The molecule has 0 aliphatic carbocycles. The lowest BCUT2D eigenvalue weighted by molar-refractivity contribution is 0.0914. The molecular weight excluding hydrogens is 386 g/mol. The summed E-state index contributed by atoms with van der Waals surface area (Å²) in [6, 6.07) is 5.21. The highest BCUT2D eigenvalue weighted by molar-refractivity contribution is 5.96. The topological polar surface area (TPSA) is 102 Å². The second kappa shape index (κ2) is 8.27. The van der Waals surface area contributed by atoms with Gasteiger partial charge in [-0.1, -0.05) is 6.42 Å². The van der Waals surface area contributed by atoms with E-state index in [4.69, 9.17) is 4.42 Å². The van der Waals surface area contributed by atoms with Crippen LogP contribution < -0.4 is 16.6 Å². The quantitative estimate of drug-likeness (QED) is 0.676. The molecule has 1 atom stereocenters. The largest absolute Gasteiger partial charge is 0.468 e. The summed E-state index contributed by atoms with van der Waals surface area (Å²) in [4.78, 5) is 43.9. The molecule has 0 spiro atoms. The van der Waals surface area contributed by atoms with Gasteiger partial charge in [-0.25, -0.2) is 9.78 Å². The first kappa shape index (κ1) is 20.1. The fourth-order valence-corrected chi connectivity index (χ4v) is 4.00. The highest BCUT2D eigenvalue weighted by atomic mass is 16.3. The minimum absolute atomic E-state index is 0.0497. The molecule has 1 fully saturated rings. The zero-order valence-corrected chi connectivity index (χ0v) is 17.1. The number of fused-ring (bicyclic) bond motifs is 1. The maximum Gasteiger partial charge on any atom is 0.332 e.